The Hall–Kier alpha value is -1.52. The maximum atomic E-state index is 11.6. The third-order valence-corrected chi connectivity index (χ3v) is 4.10. The Balaban J connectivity index is 2.11. The van der Waals surface area contributed by atoms with Gasteiger partial charge >= 0.3 is 5.97 Å². The quantitative estimate of drug-likeness (QED) is 0.426. The first-order valence-electron chi connectivity index (χ1n) is 9.18. The molecule has 132 valence electrons. The lowest BCUT2D eigenvalue weighted by Crippen LogP contribution is -2.10. The van der Waals surface area contributed by atoms with Crippen LogP contribution in [-0.2, 0) is 11.3 Å². The summed E-state index contributed by atoms with van der Waals surface area (Å²) in [6.45, 7) is 5.18. The Bertz CT molecular complexity index is 443. The standard InChI is InChI=1S/C18H33N3O2/c1-3-5-6-7-8-9-10-11-12-13-14-21-15-20-16(17(21)19)18(22)23-4-2/h15H,3-14,19H2,1-2H3. The molecule has 5 heteroatoms. The molecule has 0 unspecified atom stereocenters. The van der Waals surface area contributed by atoms with Crippen molar-refractivity contribution in [2.24, 2.45) is 0 Å². The summed E-state index contributed by atoms with van der Waals surface area (Å²) in [5.41, 5.74) is 6.19. The van der Waals surface area contributed by atoms with E-state index in [1.54, 1.807) is 13.3 Å². The second-order valence-electron chi connectivity index (χ2n) is 6.07. The van der Waals surface area contributed by atoms with Crippen molar-refractivity contribution in [3.63, 3.8) is 0 Å². The number of unbranched alkanes of at least 4 members (excludes halogenated alkanes) is 9. The molecule has 0 spiro atoms. The highest BCUT2D eigenvalue weighted by atomic mass is 16.5. The number of hydrogen-bond donors (Lipinski definition) is 1. The number of nitrogen functional groups attached to an aromatic ring is 1. The Morgan fingerprint density at radius 3 is 2.17 bits per heavy atom. The summed E-state index contributed by atoms with van der Waals surface area (Å²) in [6.07, 6.45) is 14.7. The molecule has 0 fully saturated rings. The van der Waals surface area contributed by atoms with Gasteiger partial charge in [-0.1, -0.05) is 64.7 Å². The number of hydrogen-bond acceptors (Lipinski definition) is 4. The number of ether oxygens (including phenoxy) is 1. The van der Waals surface area contributed by atoms with Gasteiger partial charge in [-0.15, -0.1) is 0 Å². The largest absolute Gasteiger partial charge is 0.461 e. The fraction of sp³-hybridized carbons (Fsp3) is 0.778. The average molecular weight is 323 g/mol. The van der Waals surface area contributed by atoms with Gasteiger partial charge in [0.15, 0.2) is 5.69 Å². The van der Waals surface area contributed by atoms with Crippen LogP contribution in [0.3, 0.4) is 0 Å². The van der Waals surface area contributed by atoms with Gasteiger partial charge in [-0.25, -0.2) is 9.78 Å². The van der Waals surface area contributed by atoms with Gasteiger partial charge < -0.3 is 15.0 Å². The topological polar surface area (TPSA) is 70.1 Å². The number of aryl methyl sites for hydroxylation is 1. The molecule has 23 heavy (non-hydrogen) atoms. The first-order chi connectivity index (χ1) is 11.2. The molecule has 1 aromatic rings. The lowest BCUT2D eigenvalue weighted by Gasteiger charge is -2.06. The summed E-state index contributed by atoms with van der Waals surface area (Å²) < 4.78 is 6.78. The first kappa shape index (κ1) is 19.5. The molecule has 5 nitrogen and oxygen atoms in total. The van der Waals surface area contributed by atoms with E-state index in [0.717, 1.165) is 13.0 Å². The van der Waals surface area contributed by atoms with Gasteiger partial charge in [0.2, 0.25) is 0 Å². The van der Waals surface area contributed by atoms with Crippen molar-refractivity contribution in [3.8, 4) is 0 Å². The molecule has 0 saturated heterocycles. The van der Waals surface area contributed by atoms with E-state index >= 15 is 0 Å². The minimum absolute atomic E-state index is 0.235. The number of rotatable bonds is 13. The van der Waals surface area contributed by atoms with E-state index in [9.17, 15) is 4.79 Å². The summed E-state index contributed by atoms with van der Waals surface area (Å²) in [5, 5.41) is 0. The van der Waals surface area contributed by atoms with Crippen LogP contribution in [0, 0.1) is 0 Å². The van der Waals surface area contributed by atoms with E-state index in [0.29, 0.717) is 12.4 Å². The lowest BCUT2D eigenvalue weighted by molar-refractivity contribution is 0.0521. The third kappa shape index (κ3) is 7.53. The van der Waals surface area contributed by atoms with Crippen LogP contribution in [0.4, 0.5) is 5.82 Å². The number of aromatic nitrogens is 2. The van der Waals surface area contributed by atoms with Gasteiger partial charge in [-0.05, 0) is 13.3 Å². The van der Waals surface area contributed by atoms with Gasteiger partial charge in [0, 0.05) is 6.54 Å². The van der Waals surface area contributed by atoms with Gasteiger partial charge in [0.1, 0.15) is 5.82 Å². The minimum atomic E-state index is -0.438. The summed E-state index contributed by atoms with van der Waals surface area (Å²) in [4.78, 5) is 15.7. The highest BCUT2D eigenvalue weighted by Crippen LogP contribution is 2.14. The molecule has 0 atom stereocenters. The zero-order chi connectivity index (χ0) is 16.9. The summed E-state index contributed by atoms with van der Waals surface area (Å²) >= 11 is 0. The van der Waals surface area contributed by atoms with Gasteiger partial charge in [0.25, 0.3) is 0 Å². The van der Waals surface area contributed by atoms with Crippen LogP contribution in [-0.4, -0.2) is 22.1 Å². The maximum absolute atomic E-state index is 11.6. The molecule has 2 N–H and O–H groups in total. The monoisotopic (exact) mass is 323 g/mol. The van der Waals surface area contributed by atoms with E-state index in [1.807, 2.05) is 4.57 Å². The minimum Gasteiger partial charge on any atom is -0.461 e. The SMILES string of the molecule is CCCCCCCCCCCCn1cnc(C(=O)OCC)c1N. The van der Waals surface area contributed by atoms with E-state index in [1.165, 1.54) is 57.8 Å². The number of nitrogens with two attached hydrogens (primary N) is 1. The molecule has 1 heterocycles. The Morgan fingerprint density at radius 1 is 1.04 bits per heavy atom. The summed E-state index contributed by atoms with van der Waals surface area (Å²) in [7, 11) is 0. The molecule has 0 saturated carbocycles. The maximum Gasteiger partial charge on any atom is 0.360 e. The zero-order valence-corrected chi connectivity index (χ0v) is 14.9. The summed E-state index contributed by atoms with van der Waals surface area (Å²) in [5.74, 6) is -0.0220. The number of nitrogens with zero attached hydrogens (tertiary/aromatic N) is 2. The molecule has 0 aliphatic heterocycles. The van der Waals surface area contributed by atoms with Gasteiger partial charge in [0.05, 0.1) is 12.9 Å². The molecule has 0 amide bonds. The fourth-order valence-electron chi connectivity index (χ4n) is 2.70. The Labute approximate surface area is 140 Å². The molecule has 1 aromatic heterocycles. The van der Waals surface area contributed by atoms with Gasteiger partial charge in [-0.2, -0.15) is 0 Å². The second kappa shape index (κ2) is 12.0. The van der Waals surface area contributed by atoms with Crippen molar-refractivity contribution in [1.29, 1.82) is 0 Å². The number of anilines is 1. The fourth-order valence-corrected chi connectivity index (χ4v) is 2.70. The van der Waals surface area contributed by atoms with Crippen molar-refractivity contribution >= 4 is 11.8 Å². The van der Waals surface area contributed by atoms with Crippen LogP contribution in [0.25, 0.3) is 0 Å². The Kier molecular flexibility index (Phi) is 10.2. The van der Waals surface area contributed by atoms with Crippen molar-refractivity contribution in [1.82, 2.24) is 9.55 Å². The van der Waals surface area contributed by atoms with Crippen LogP contribution in [0.1, 0.15) is 88.5 Å². The van der Waals surface area contributed by atoms with Crippen LogP contribution < -0.4 is 5.73 Å². The molecule has 0 radical (unpaired) electrons. The molecule has 0 aromatic carbocycles. The third-order valence-electron chi connectivity index (χ3n) is 4.10. The van der Waals surface area contributed by atoms with Crippen molar-refractivity contribution < 1.29 is 9.53 Å². The number of carbonyl (C=O) groups excluding carboxylic acids is 1. The second-order valence-corrected chi connectivity index (χ2v) is 6.07. The highest BCUT2D eigenvalue weighted by Gasteiger charge is 2.16. The number of esters is 1. The van der Waals surface area contributed by atoms with Crippen LogP contribution in [0.15, 0.2) is 6.33 Å². The van der Waals surface area contributed by atoms with Crippen LogP contribution in [0.5, 0.6) is 0 Å². The smallest absolute Gasteiger partial charge is 0.360 e. The van der Waals surface area contributed by atoms with E-state index < -0.39 is 5.97 Å². The Morgan fingerprint density at radius 2 is 1.61 bits per heavy atom. The normalized spacial score (nSPS) is 10.9. The predicted octanol–water partition coefficient (Wildman–Crippen LogP) is 4.56. The van der Waals surface area contributed by atoms with E-state index in [4.69, 9.17) is 10.5 Å². The average Bonchev–Trinajstić information content (AvgIpc) is 2.90. The van der Waals surface area contributed by atoms with Crippen molar-refractivity contribution in [2.45, 2.75) is 84.6 Å². The highest BCUT2D eigenvalue weighted by molar-refractivity contribution is 5.92. The zero-order valence-electron chi connectivity index (χ0n) is 14.9. The molecule has 0 aliphatic rings. The molecule has 0 bridgehead atoms. The summed E-state index contributed by atoms with van der Waals surface area (Å²) in [6, 6.07) is 0. The van der Waals surface area contributed by atoms with Crippen LogP contribution >= 0.6 is 0 Å². The van der Waals surface area contributed by atoms with E-state index in [2.05, 4.69) is 11.9 Å². The molecular weight excluding hydrogens is 290 g/mol. The number of carbonyl (C=O) groups is 1. The van der Waals surface area contributed by atoms with E-state index in [-0.39, 0.29) is 5.69 Å². The first-order valence-corrected chi connectivity index (χ1v) is 9.18. The molecule has 0 aliphatic carbocycles. The molecular formula is C18H33N3O2. The number of imidazole rings is 1. The van der Waals surface area contributed by atoms with Crippen molar-refractivity contribution in [3.05, 3.63) is 12.0 Å². The van der Waals surface area contributed by atoms with Gasteiger partial charge in [-0.3, -0.25) is 0 Å². The lowest BCUT2D eigenvalue weighted by atomic mass is 10.1. The molecule has 1 rings (SSSR count). The predicted molar refractivity (Wildman–Crippen MR) is 94.4 cm³/mol. The van der Waals surface area contributed by atoms with Crippen molar-refractivity contribution in [2.75, 3.05) is 12.3 Å². The van der Waals surface area contributed by atoms with Crippen LogP contribution in [0.2, 0.25) is 0 Å².